The van der Waals surface area contributed by atoms with Crippen LogP contribution in [0.25, 0.3) is 0 Å². The number of carbonyl (C=O) groups is 1. The van der Waals surface area contributed by atoms with Crippen LogP contribution in [-0.4, -0.2) is 20.1 Å². The summed E-state index contributed by atoms with van der Waals surface area (Å²) in [6, 6.07) is 6.89. The fourth-order valence-corrected chi connectivity index (χ4v) is 3.12. The van der Waals surface area contributed by atoms with E-state index in [0.29, 0.717) is 11.1 Å². The van der Waals surface area contributed by atoms with Crippen molar-refractivity contribution in [3.8, 4) is 0 Å². The summed E-state index contributed by atoms with van der Waals surface area (Å²) in [7, 11) is -0.720. The molecule has 7 heteroatoms. The highest BCUT2D eigenvalue weighted by Gasteiger charge is 2.40. The van der Waals surface area contributed by atoms with E-state index >= 15 is 0 Å². The van der Waals surface area contributed by atoms with Crippen molar-refractivity contribution in [3.05, 3.63) is 35.4 Å². The van der Waals surface area contributed by atoms with Gasteiger partial charge in [-0.25, -0.2) is 5.43 Å². The van der Waals surface area contributed by atoms with Gasteiger partial charge in [-0.3, -0.25) is 14.8 Å². The predicted octanol–water partition coefficient (Wildman–Crippen LogP) is 1.42. The molecule has 1 aromatic carbocycles. The molecule has 0 saturated heterocycles. The molecule has 0 radical (unpaired) electrons. The molecule has 1 aliphatic heterocycles. The van der Waals surface area contributed by atoms with Crippen molar-refractivity contribution >= 4 is 13.5 Å². The van der Waals surface area contributed by atoms with Gasteiger partial charge < -0.3 is 9.05 Å². The lowest BCUT2D eigenvalue weighted by molar-refractivity contribution is 0.0913. The molecule has 0 aromatic heterocycles. The van der Waals surface area contributed by atoms with Gasteiger partial charge in [0.25, 0.3) is 5.91 Å². The van der Waals surface area contributed by atoms with Gasteiger partial charge in [0.15, 0.2) is 5.78 Å². The van der Waals surface area contributed by atoms with E-state index in [-0.39, 0.29) is 5.91 Å². The molecule has 92 valence electrons. The van der Waals surface area contributed by atoms with Crippen LogP contribution in [-0.2, 0) is 13.6 Å². The number of hydrazine groups is 1. The first-order chi connectivity index (χ1) is 8.12. The smallest absolute Gasteiger partial charge is 0.311 e. The zero-order chi connectivity index (χ0) is 12.5. The summed E-state index contributed by atoms with van der Waals surface area (Å²) >= 11 is 0. The molecule has 1 heterocycles. The second-order valence-corrected chi connectivity index (χ2v) is 5.82. The van der Waals surface area contributed by atoms with Gasteiger partial charge >= 0.3 is 7.60 Å². The first-order valence-corrected chi connectivity index (χ1v) is 6.59. The fraction of sp³-hybridized carbons (Fsp3) is 0.300. The molecule has 0 saturated carbocycles. The molecule has 1 aliphatic rings. The molecule has 1 aromatic rings. The van der Waals surface area contributed by atoms with Gasteiger partial charge in [0, 0.05) is 19.8 Å². The monoisotopic (exact) mass is 256 g/mol. The number of amides is 1. The normalized spacial score (nSPS) is 19.6. The van der Waals surface area contributed by atoms with Gasteiger partial charge in [-0.2, -0.15) is 0 Å². The number of nitrogens with one attached hydrogen (secondary N) is 2. The number of fused-ring (bicyclic) bond motifs is 1. The Morgan fingerprint density at radius 1 is 1.24 bits per heavy atom. The number of hydrogen-bond acceptors (Lipinski definition) is 5. The van der Waals surface area contributed by atoms with E-state index < -0.39 is 13.4 Å². The summed E-state index contributed by atoms with van der Waals surface area (Å²) in [6.45, 7) is 0. The fourth-order valence-electron chi connectivity index (χ4n) is 1.76. The molecule has 0 bridgehead atoms. The average molecular weight is 256 g/mol. The molecule has 6 nitrogen and oxygen atoms in total. The molecular formula is C10H13N2O4P. The lowest BCUT2D eigenvalue weighted by Gasteiger charge is -2.30. The van der Waals surface area contributed by atoms with Crippen LogP contribution in [0, 0.1) is 0 Å². The summed E-state index contributed by atoms with van der Waals surface area (Å²) in [6.07, 6.45) is 0. The van der Waals surface area contributed by atoms with E-state index in [4.69, 9.17) is 9.05 Å². The maximum Gasteiger partial charge on any atom is 0.353 e. The topological polar surface area (TPSA) is 76.7 Å². The van der Waals surface area contributed by atoms with Crippen molar-refractivity contribution in [2.45, 2.75) is 5.78 Å². The summed E-state index contributed by atoms with van der Waals surface area (Å²) in [5.41, 5.74) is 6.16. The second kappa shape index (κ2) is 4.58. The lowest BCUT2D eigenvalue weighted by Crippen LogP contribution is -2.45. The Morgan fingerprint density at radius 3 is 2.53 bits per heavy atom. The van der Waals surface area contributed by atoms with Crippen molar-refractivity contribution in [2.24, 2.45) is 0 Å². The Bertz CT molecular complexity index is 483. The van der Waals surface area contributed by atoms with Crippen LogP contribution in [0.5, 0.6) is 0 Å². The van der Waals surface area contributed by atoms with Crippen molar-refractivity contribution < 1.29 is 18.4 Å². The van der Waals surface area contributed by atoms with Crippen molar-refractivity contribution in [1.82, 2.24) is 10.9 Å². The van der Waals surface area contributed by atoms with E-state index in [2.05, 4.69) is 10.9 Å². The average Bonchev–Trinajstić information content (AvgIpc) is 2.39. The Balaban J connectivity index is 2.50. The summed E-state index contributed by atoms with van der Waals surface area (Å²) < 4.78 is 22.2. The van der Waals surface area contributed by atoms with Crippen LogP contribution in [0.2, 0.25) is 0 Å². The number of carbonyl (C=O) groups excluding carboxylic acids is 1. The van der Waals surface area contributed by atoms with Crippen LogP contribution in [0.15, 0.2) is 24.3 Å². The molecule has 0 fully saturated rings. The van der Waals surface area contributed by atoms with Crippen LogP contribution in [0.3, 0.4) is 0 Å². The minimum absolute atomic E-state index is 0.268. The Labute approximate surface area is 98.8 Å². The van der Waals surface area contributed by atoms with Crippen LogP contribution >= 0.6 is 7.60 Å². The van der Waals surface area contributed by atoms with E-state index in [1.54, 1.807) is 24.3 Å². The molecule has 1 amide bonds. The molecule has 2 rings (SSSR count). The molecule has 17 heavy (non-hydrogen) atoms. The highest BCUT2D eigenvalue weighted by atomic mass is 31.2. The van der Waals surface area contributed by atoms with Gasteiger partial charge in [-0.1, -0.05) is 18.2 Å². The van der Waals surface area contributed by atoms with Crippen molar-refractivity contribution in [2.75, 3.05) is 14.2 Å². The summed E-state index contributed by atoms with van der Waals surface area (Å²) in [5.74, 6) is -0.970. The number of benzene rings is 1. The van der Waals surface area contributed by atoms with E-state index in [1.165, 1.54) is 14.2 Å². The molecular weight excluding hydrogens is 243 g/mol. The minimum Gasteiger partial charge on any atom is -0.311 e. The zero-order valence-corrected chi connectivity index (χ0v) is 10.4. The Kier molecular flexibility index (Phi) is 3.31. The first-order valence-electron chi connectivity index (χ1n) is 4.98. The van der Waals surface area contributed by atoms with E-state index in [1.807, 2.05) is 0 Å². The predicted molar refractivity (Wildman–Crippen MR) is 61.4 cm³/mol. The molecule has 0 aliphatic carbocycles. The molecule has 0 spiro atoms. The highest BCUT2D eigenvalue weighted by molar-refractivity contribution is 7.54. The van der Waals surface area contributed by atoms with Crippen LogP contribution in [0.4, 0.5) is 0 Å². The molecule has 1 atom stereocenters. The van der Waals surface area contributed by atoms with E-state index in [9.17, 15) is 9.36 Å². The maximum atomic E-state index is 12.3. The first kappa shape index (κ1) is 12.3. The van der Waals surface area contributed by atoms with Crippen LogP contribution < -0.4 is 10.9 Å². The summed E-state index contributed by atoms with van der Waals surface area (Å²) in [4.78, 5) is 11.6. The minimum atomic E-state index is -3.34. The summed E-state index contributed by atoms with van der Waals surface area (Å²) in [5, 5.41) is 0. The molecule has 2 N–H and O–H groups in total. The van der Waals surface area contributed by atoms with E-state index in [0.717, 1.165) is 0 Å². The SMILES string of the molecule is COP(=O)(OC)C1NNC(=O)c2ccccc21. The third-order valence-corrected chi connectivity index (χ3v) is 4.71. The Hall–Kier alpha value is -1.20. The van der Waals surface area contributed by atoms with Crippen LogP contribution in [0.1, 0.15) is 21.7 Å². The third kappa shape index (κ3) is 2.00. The van der Waals surface area contributed by atoms with Gasteiger partial charge in [-0.15, -0.1) is 0 Å². The van der Waals surface area contributed by atoms with Gasteiger partial charge in [0.2, 0.25) is 0 Å². The third-order valence-electron chi connectivity index (χ3n) is 2.65. The number of rotatable bonds is 3. The van der Waals surface area contributed by atoms with Gasteiger partial charge in [-0.05, 0) is 11.6 Å². The molecule has 1 unspecified atom stereocenters. The van der Waals surface area contributed by atoms with Gasteiger partial charge in [0.05, 0.1) is 0 Å². The van der Waals surface area contributed by atoms with Crippen molar-refractivity contribution in [1.29, 1.82) is 0 Å². The van der Waals surface area contributed by atoms with Gasteiger partial charge in [0.1, 0.15) is 0 Å². The second-order valence-electron chi connectivity index (χ2n) is 3.49. The quantitative estimate of drug-likeness (QED) is 0.800. The van der Waals surface area contributed by atoms with Crippen molar-refractivity contribution in [3.63, 3.8) is 0 Å². The highest BCUT2D eigenvalue weighted by Crippen LogP contribution is 2.59. The standard InChI is InChI=1S/C10H13N2O4P/c1-15-17(14,16-2)10-8-6-4-3-5-7(8)9(13)11-12-10/h3-6,10,12H,1-2H3,(H,11,13). The lowest BCUT2D eigenvalue weighted by atomic mass is 10.1. The maximum absolute atomic E-state index is 12.3. The largest absolute Gasteiger partial charge is 0.353 e. The Morgan fingerprint density at radius 2 is 1.88 bits per heavy atom. The number of hydrogen-bond donors (Lipinski definition) is 2. The zero-order valence-electron chi connectivity index (χ0n) is 9.47.